The van der Waals surface area contributed by atoms with Crippen molar-refractivity contribution in [2.45, 2.75) is 40.0 Å². The van der Waals surface area contributed by atoms with Gasteiger partial charge in [-0.15, -0.1) is 0 Å². The highest BCUT2D eigenvalue weighted by molar-refractivity contribution is 5.94. The quantitative estimate of drug-likeness (QED) is 0.916. The Labute approximate surface area is 151 Å². The third-order valence-corrected chi connectivity index (χ3v) is 5.53. The summed E-state index contributed by atoms with van der Waals surface area (Å²) in [4.78, 5) is 21.2. The van der Waals surface area contributed by atoms with Crippen LogP contribution < -0.4 is 5.73 Å². The van der Waals surface area contributed by atoms with Gasteiger partial charge in [-0.3, -0.25) is 4.79 Å². The molecule has 0 radical (unpaired) electrons. The summed E-state index contributed by atoms with van der Waals surface area (Å²) in [6, 6.07) is 3.43. The first-order chi connectivity index (χ1) is 11.8. The van der Waals surface area contributed by atoms with Gasteiger partial charge in [-0.1, -0.05) is 20.8 Å². The lowest BCUT2D eigenvalue weighted by Crippen LogP contribution is -2.40. The van der Waals surface area contributed by atoms with E-state index in [1.54, 1.807) is 18.3 Å². The number of aromatic nitrogens is 1. The molecule has 25 heavy (non-hydrogen) atoms. The Morgan fingerprint density at radius 3 is 2.52 bits per heavy atom. The molecule has 1 atom stereocenters. The summed E-state index contributed by atoms with van der Waals surface area (Å²) in [6.45, 7) is 12.3. The van der Waals surface area contributed by atoms with Crippen molar-refractivity contribution in [2.24, 2.45) is 17.3 Å². The number of hydrogen-bond acceptors (Lipinski definition) is 4. The van der Waals surface area contributed by atoms with Crippen LogP contribution >= 0.6 is 0 Å². The molecule has 1 aromatic heterocycles. The minimum absolute atomic E-state index is 0.0910. The van der Waals surface area contributed by atoms with Gasteiger partial charge in [0.15, 0.2) is 0 Å². The Morgan fingerprint density at radius 1 is 1.20 bits per heavy atom. The molecular formula is C20H32N4O. The fourth-order valence-corrected chi connectivity index (χ4v) is 4.40. The SMILES string of the molecule is CC(C)(C)CN1CC[C@@H](C2CCN(C(=O)c3ccnc(N)c3)CC2)C1. The van der Waals surface area contributed by atoms with E-state index in [9.17, 15) is 4.79 Å². The predicted molar refractivity (Wildman–Crippen MR) is 101 cm³/mol. The molecule has 3 heterocycles. The topological polar surface area (TPSA) is 62.5 Å². The van der Waals surface area contributed by atoms with Gasteiger partial charge in [-0.05, 0) is 55.2 Å². The summed E-state index contributed by atoms with van der Waals surface area (Å²) in [6.07, 6.45) is 5.17. The second kappa shape index (κ2) is 7.32. The minimum atomic E-state index is 0.0910. The lowest BCUT2D eigenvalue weighted by molar-refractivity contribution is 0.0657. The summed E-state index contributed by atoms with van der Waals surface area (Å²) in [5, 5.41) is 0. The molecule has 2 aliphatic rings. The smallest absolute Gasteiger partial charge is 0.254 e. The van der Waals surface area contributed by atoms with E-state index in [0.717, 1.165) is 37.8 Å². The number of nitrogens with two attached hydrogens (primary N) is 1. The molecule has 1 aromatic rings. The highest BCUT2D eigenvalue weighted by Gasteiger charge is 2.34. The van der Waals surface area contributed by atoms with E-state index < -0.39 is 0 Å². The number of carbonyl (C=O) groups excluding carboxylic acids is 1. The number of hydrogen-bond donors (Lipinski definition) is 1. The van der Waals surface area contributed by atoms with Crippen LogP contribution in [0.1, 0.15) is 50.4 Å². The molecule has 2 fully saturated rings. The Kier molecular flexibility index (Phi) is 5.32. The lowest BCUT2D eigenvalue weighted by atomic mass is 9.83. The number of nitrogen functional groups attached to an aromatic ring is 1. The fraction of sp³-hybridized carbons (Fsp3) is 0.700. The van der Waals surface area contributed by atoms with Crippen LogP contribution in [0.2, 0.25) is 0 Å². The van der Waals surface area contributed by atoms with Gasteiger partial charge in [0.2, 0.25) is 0 Å². The molecule has 2 saturated heterocycles. The van der Waals surface area contributed by atoms with Crippen molar-refractivity contribution in [1.29, 1.82) is 0 Å². The third-order valence-electron chi connectivity index (χ3n) is 5.53. The van der Waals surface area contributed by atoms with Crippen LogP contribution in [0.25, 0.3) is 0 Å². The van der Waals surface area contributed by atoms with Crippen LogP contribution in [0.15, 0.2) is 18.3 Å². The molecule has 2 aliphatic heterocycles. The van der Waals surface area contributed by atoms with Gasteiger partial charge >= 0.3 is 0 Å². The molecule has 0 aliphatic carbocycles. The summed E-state index contributed by atoms with van der Waals surface area (Å²) in [5.41, 5.74) is 6.73. The van der Waals surface area contributed by atoms with Gasteiger partial charge in [-0.25, -0.2) is 4.98 Å². The molecule has 0 aromatic carbocycles. The molecular weight excluding hydrogens is 312 g/mol. The van der Waals surface area contributed by atoms with E-state index in [1.165, 1.54) is 26.1 Å². The molecule has 2 N–H and O–H groups in total. The average Bonchev–Trinajstić information content (AvgIpc) is 3.01. The summed E-state index contributed by atoms with van der Waals surface area (Å²) in [7, 11) is 0. The molecule has 138 valence electrons. The van der Waals surface area contributed by atoms with Gasteiger partial charge in [0.05, 0.1) is 0 Å². The molecule has 3 rings (SSSR count). The summed E-state index contributed by atoms with van der Waals surface area (Å²) in [5.74, 6) is 2.06. The van der Waals surface area contributed by atoms with Crippen molar-refractivity contribution in [3.8, 4) is 0 Å². The fourth-order valence-electron chi connectivity index (χ4n) is 4.40. The van der Waals surface area contributed by atoms with E-state index >= 15 is 0 Å². The Hall–Kier alpha value is -1.62. The number of pyridine rings is 1. The van der Waals surface area contributed by atoms with E-state index in [0.29, 0.717) is 16.8 Å². The van der Waals surface area contributed by atoms with Crippen LogP contribution in [0.3, 0.4) is 0 Å². The first-order valence-corrected chi connectivity index (χ1v) is 9.55. The van der Waals surface area contributed by atoms with Crippen LogP contribution in [-0.4, -0.2) is 53.4 Å². The highest BCUT2D eigenvalue weighted by atomic mass is 16.2. The van der Waals surface area contributed by atoms with Crippen molar-refractivity contribution >= 4 is 11.7 Å². The minimum Gasteiger partial charge on any atom is -0.384 e. The van der Waals surface area contributed by atoms with Crippen molar-refractivity contribution in [3.63, 3.8) is 0 Å². The number of anilines is 1. The van der Waals surface area contributed by atoms with Crippen molar-refractivity contribution < 1.29 is 4.79 Å². The number of amides is 1. The standard InChI is InChI=1S/C20H32N4O/c1-20(2,3)14-23-9-5-17(13-23)15-6-10-24(11-7-15)19(25)16-4-8-22-18(21)12-16/h4,8,12,15,17H,5-7,9-11,13-14H2,1-3H3,(H2,21,22)/t17-/m1/s1. The largest absolute Gasteiger partial charge is 0.384 e. The number of nitrogens with zero attached hydrogens (tertiary/aromatic N) is 3. The van der Waals surface area contributed by atoms with Crippen LogP contribution in [-0.2, 0) is 0 Å². The van der Waals surface area contributed by atoms with Crippen molar-refractivity contribution in [2.75, 3.05) is 38.5 Å². The maximum absolute atomic E-state index is 12.6. The van der Waals surface area contributed by atoms with Gasteiger partial charge in [-0.2, -0.15) is 0 Å². The molecule has 0 unspecified atom stereocenters. The summed E-state index contributed by atoms with van der Waals surface area (Å²) < 4.78 is 0. The Bertz CT molecular complexity index is 602. The predicted octanol–water partition coefficient (Wildman–Crippen LogP) is 2.88. The Balaban J connectivity index is 1.50. The van der Waals surface area contributed by atoms with E-state index in [2.05, 4.69) is 30.7 Å². The average molecular weight is 345 g/mol. The second-order valence-corrected chi connectivity index (χ2v) is 8.94. The lowest BCUT2D eigenvalue weighted by Gasteiger charge is -2.35. The van der Waals surface area contributed by atoms with E-state index in [-0.39, 0.29) is 5.91 Å². The van der Waals surface area contributed by atoms with E-state index in [4.69, 9.17) is 5.73 Å². The van der Waals surface area contributed by atoms with Gasteiger partial charge in [0, 0.05) is 37.9 Å². The zero-order valence-electron chi connectivity index (χ0n) is 15.9. The van der Waals surface area contributed by atoms with Crippen molar-refractivity contribution in [1.82, 2.24) is 14.8 Å². The van der Waals surface area contributed by atoms with Crippen LogP contribution in [0.5, 0.6) is 0 Å². The maximum Gasteiger partial charge on any atom is 0.254 e. The molecule has 1 amide bonds. The van der Waals surface area contributed by atoms with Crippen LogP contribution in [0, 0.1) is 17.3 Å². The molecule has 5 heteroatoms. The number of rotatable bonds is 3. The number of piperidine rings is 1. The van der Waals surface area contributed by atoms with Gasteiger partial charge in [0.1, 0.15) is 5.82 Å². The van der Waals surface area contributed by atoms with Gasteiger partial charge < -0.3 is 15.5 Å². The maximum atomic E-state index is 12.6. The van der Waals surface area contributed by atoms with Crippen LogP contribution in [0.4, 0.5) is 5.82 Å². The Morgan fingerprint density at radius 2 is 1.88 bits per heavy atom. The number of carbonyl (C=O) groups is 1. The zero-order valence-corrected chi connectivity index (χ0v) is 15.9. The molecule has 5 nitrogen and oxygen atoms in total. The molecule has 0 bridgehead atoms. The normalized spacial score (nSPS) is 23.2. The monoisotopic (exact) mass is 344 g/mol. The third kappa shape index (κ3) is 4.72. The first kappa shape index (κ1) is 18.2. The highest BCUT2D eigenvalue weighted by Crippen LogP contribution is 2.33. The van der Waals surface area contributed by atoms with Crippen molar-refractivity contribution in [3.05, 3.63) is 23.9 Å². The second-order valence-electron chi connectivity index (χ2n) is 8.94. The van der Waals surface area contributed by atoms with E-state index in [1.807, 2.05) is 4.90 Å². The number of likely N-dealkylation sites (tertiary alicyclic amines) is 2. The molecule has 0 spiro atoms. The first-order valence-electron chi connectivity index (χ1n) is 9.55. The zero-order chi connectivity index (χ0) is 18.0. The molecule has 0 saturated carbocycles. The van der Waals surface area contributed by atoms with Gasteiger partial charge in [0.25, 0.3) is 5.91 Å². The summed E-state index contributed by atoms with van der Waals surface area (Å²) >= 11 is 0.